The van der Waals surface area contributed by atoms with Gasteiger partial charge in [-0.2, -0.15) is 0 Å². The monoisotopic (exact) mass is 172 g/mol. The molecule has 0 aromatic rings. The average molecular weight is 172 g/mol. The SMILES string of the molecule is [2H][C@H]1C[C@]2(C)CC[C@](C)([C@@H]1F)N2C. The third-order valence-corrected chi connectivity index (χ3v) is 4.10. The fourth-order valence-corrected chi connectivity index (χ4v) is 2.65. The first-order valence-corrected chi connectivity index (χ1v) is 4.70. The topological polar surface area (TPSA) is 3.24 Å². The van der Waals surface area contributed by atoms with Crippen molar-refractivity contribution in [1.82, 2.24) is 4.90 Å². The Morgan fingerprint density at radius 1 is 1.42 bits per heavy atom. The lowest BCUT2D eigenvalue weighted by Crippen LogP contribution is -2.57. The number of halogens is 1. The van der Waals surface area contributed by atoms with Crippen LogP contribution in [0.4, 0.5) is 4.39 Å². The zero-order valence-corrected chi connectivity index (χ0v) is 8.10. The molecule has 2 saturated heterocycles. The molecule has 2 heterocycles. The molecule has 0 aromatic heterocycles. The minimum Gasteiger partial charge on any atom is -0.293 e. The number of nitrogens with zero attached hydrogens (tertiary/aromatic N) is 1. The molecule has 2 aliphatic rings. The largest absolute Gasteiger partial charge is 0.293 e. The summed E-state index contributed by atoms with van der Waals surface area (Å²) in [6, 6.07) is 0. The summed E-state index contributed by atoms with van der Waals surface area (Å²) < 4.78 is 21.6. The molecule has 1 nitrogen and oxygen atoms in total. The van der Waals surface area contributed by atoms with E-state index in [0.29, 0.717) is 6.42 Å². The molecule has 0 aliphatic carbocycles. The standard InChI is InChI=1S/C10H18FN/c1-9-5-4-8(11)10(2,7-6-9)12(9)3/h8H,4-7H2,1-3H3/t8-,9-,10-/m1/s1/i4D/t4-,8+,9+,10+/m0. The van der Waals surface area contributed by atoms with Gasteiger partial charge in [0.05, 0.1) is 0 Å². The van der Waals surface area contributed by atoms with E-state index in [1.54, 1.807) is 0 Å². The normalized spacial score (nSPS) is 61.8. The Bertz CT molecular complexity index is 235. The fraction of sp³-hybridized carbons (Fsp3) is 1.00. The van der Waals surface area contributed by atoms with Gasteiger partial charge >= 0.3 is 0 Å². The summed E-state index contributed by atoms with van der Waals surface area (Å²) in [5.74, 6) is 0. The summed E-state index contributed by atoms with van der Waals surface area (Å²) in [4.78, 5) is 2.16. The van der Waals surface area contributed by atoms with Crippen molar-refractivity contribution in [3.05, 3.63) is 0 Å². The van der Waals surface area contributed by atoms with Crippen LogP contribution in [0.25, 0.3) is 0 Å². The van der Waals surface area contributed by atoms with Crippen LogP contribution in [0.5, 0.6) is 0 Å². The molecule has 70 valence electrons. The number of rotatable bonds is 0. The van der Waals surface area contributed by atoms with Crippen LogP contribution in [0.15, 0.2) is 0 Å². The second-order valence-corrected chi connectivity index (χ2v) is 4.75. The zero-order chi connectivity index (χ0) is 9.85. The van der Waals surface area contributed by atoms with Crippen LogP contribution in [0.3, 0.4) is 0 Å². The van der Waals surface area contributed by atoms with Gasteiger partial charge in [0.2, 0.25) is 0 Å². The van der Waals surface area contributed by atoms with E-state index < -0.39 is 12.6 Å². The first-order valence-electron chi connectivity index (χ1n) is 5.28. The van der Waals surface area contributed by atoms with E-state index in [0.717, 1.165) is 12.8 Å². The molecule has 0 amide bonds. The summed E-state index contributed by atoms with van der Waals surface area (Å²) in [7, 11) is 2.01. The molecule has 0 N–H and O–H groups in total. The van der Waals surface area contributed by atoms with Gasteiger partial charge in [-0.3, -0.25) is 4.90 Å². The molecular formula is C10H18FN. The predicted molar refractivity (Wildman–Crippen MR) is 47.9 cm³/mol. The highest BCUT2D eigenvalue weighted by atomic mass is 19.1. The van der Waals surface area contributed by atoms with Crippen molar-refractivity contribution in [2.75, 3.05) is 7.05 Å². The summed E-state index contributed by atoms with van der Waals surface area (Å²) >= 11 is 0. The molecule has 2 fully saturated rings. The molecule has 0 spiro atoms. The van der Waals surface area contributed by atoms with Crippen LogP contribution in [0, 0.1) is 0 Å². The highest BCUT2D eigenvalue weighted by molar-refractivity contribution is 5.10. The lowest BCUT2D eigenvalue weighted by molar-refractivity contribution is -0.0228. The van der Waals surface area contributed by atoms with Crippen molar-refractivity contribution in [3.63, 3.8) is 0 Å². The zero-order valence-electron chi connectivity index (χ0n) is 9.10. The first kappa shape index (κ1) is 7.31. The smallest absolute Gasteiger partial charge is 0.118 e. The molecule has 4 atom stereocenters. The molecule has 12 heavy (non-hydrogen) atoms. The van der Waals surface area contributed by atoms with Crippen molar-refractivity contribution in [1.29, 1.82) is 0 Å². The number of alkyl halides is 1. The maximum Gasteiger partial charge on any atom is 0.118 e. The van der Waals surface area contributed by atoms with E-state index in [1.807, 2.05) is 14.0 Å². The van der Waals surface area contributed by atoms with Gasteiger partial charge in [-0.1, -0.05) is 0 Å². The first-order chi connectivity index (χ1) is 5.90. The van der Waals surface area contributed by atoms with Crippen molar-refractivity contribution in [2.24, 2.45) is 0 Å². The molecule has 0 radical (unpaired) electrons. The van der Waals surface area contributed by atoms with Gasteiger partial charge in [0.1, 0.15) is 6.17 Å². The Labute approximate surface area is 75.3 Å². The van der Waals surface area contributed by atoms with Crippen molar-refractivity contribution < 1.29 is 5.76 Å². The Balaban J connectivity index is 2.37. The Morgan fingerprint density at radius 2 is 2.08 bits per heavy atom. The molecule has 2 rings (SSSR count). The minimum atomic E-state index is -0.979. The third-order valence-electron chi connectivity index (χ3n) is 4.10. The Kier molecular flexibility index (Phi) is 1.35. The molecule has 0 saturated carbocycles. The number of hydrogen-bond acceptors (Lipinski definition) is 1. The molecule has 2 aliphatic heterocycles. The van der Waals surface area contributed by atoms with Gasteiger partial charge in [-0.05, 0) is 46.6 Å². The summed E-state index contributed by atoms with van der Waals surface area (Å²) in [6.45, 7) is 4.12. The highest BCUT2D eigenvalue weighted by Crippen LogP contribution is 2.50. The van der Waals surface area contributed by atoms with Crippen LogP contribution in [-0.4, -0.2) is 29.2 Å². The lowest BCUT2D eigenvalue weighted by Gasteiger charge is -2.47. The molecule has 0 aromatic carbocycles. The number of piperidine rings is 1. The van der Waals surface area contributed by atoms with Crippen LogP contribution < -0.4 is 0 Å². The highest BCUT2D eigenvalue weighted by Gasteiger charge is 2.55. The van der Waals surface area contributed by atoms with Crippen molar-refractivity contribution >= 4 is 0 Å². The third kappa shape index (κ3) is 0.819. The maximum absolute atomic E-state index is 13.8. The number of fused-ring (bicyclic) bond motifs is 2. The Hall–Kier alpha value is -0.110. The quantitative estimate of drug-likeness (QED) is 0.542. The summed E-state index contributed by atoms with van der Waals surface area (Å²) in [5.41, 5.74) is -0.302. The summed E-state index contributed by atoms with van der Waals surface area (Å²) in [6.07, 6.45) is 1.12. The molecule has 2 bridgehead atoms. The maximum atomic E-state index is 13.8. The Morgan fingerprint density at radius 3 is 2.75 bits per heavy atom. The van der Waals surface area contributed by atoms with Gasteiger partial charge in [0.15, 0.2) is 0 Å². The van der Waals surface area contributed by atoms with Crippen LogP contribution in [0.1, 0.15) is 40.9 Å². The van der Waals surface area contributed by atoms with Crippen LogP contribution in [-0.2, 0) is 0 Å². The van der Waals surface area contributed by atoms with E-state index in [-0.39, 0.29) is 11.1 Å². The average Bonchev–Trinajstić information content (AvgIpc) is 2.24. The van der Waals surface area contributed by atoms with Crippen LogP contribution >= 0.6 is 0 Å². The molecule has 2 heteroatoms. The molecular weight excluding hydrogens is 153 g/mol. The predicted octanol–water partition coefficient (Wildman–Crippen LogP) is 2.36. The van der Waals surface area contributed by atoms with Crippen molar-refractivity contribution in [2.45, 2.75) is 56.8 Å². The minimum absolute atomic E-state index is 0.0732. The van der Waals surface area contributed by atoms with Crippen molar-refractivity contribution in [3.8, 4) is 0 Å². The van der Waals surface area contributed by atoms with E-state index >= 15 is 0 Å². The van der Waals surface area contributed by atoms with E-state index in [4.69, 9.17) is 1.37 Å². The molecule has 0 unspecified atom stereocenters. The van der Waals surface area contributed by atoms with E-state index in [9.17, 15) is 4.39 Å². The second kappa shape index (κ2) is 2.22. The van der Waals surface area contributed by atoms with Gasteiger partial charge in [0, 0.05) is 12.4 Å². The fourth-order valence-electron chi connectivity index (χ4n) is 2.65. The van der Waals surface area contributed by atoms with E-state index in [1.165, 1.54) is 0 Å². The van der Waals surface area contributed by atoms with Gasteiger partial charge in [-0.25, -0.2) is 4.39 Å². The van der Waals surface area contributed by atoms with Crippen LogP contribution in [0.2, 0.25) is 0 Å². The van der Waals surface area contributed by atoms with E-state index in [2.05, 4.69) is 11.8 Å². The number of hydrogen-bond donors (Lipinski definition) is 0. The second-order valence-electron chi connectivity index (χ2n) is 4.75. The van der Waals surface area contributed by atoms with Gasteiger partial charge < -0.3 is 0 Å². The van der Waals surface area contributed by atoms with Gasteiger partial charge in [0.25, 0.3) is 0 Å². The lowest BCUT2D eigenvalue weighted by atomic mass is 9.85. The van der Waals surface area contributed by atoms with Gasteiger partial charge in [-0.15, -0.1) is 0 Å². The summed E-state index contributed by atoms with van der Waals surface area (Å²) in [5, 5.41) is 0.